The van der Waals surface area contributed by atoms with Gasteiger partial charge in [-0.25, -0.2) is 9.78 Å². The van der Waals surface area contributed by atoms with Crippen LogP contribution in [0.4, 0.5) is 0 Å². The Bertz CT molecular complexity index is 965. The van der Waals surface area contributed by atoms with E-state index in [1.807, 2.05) is 32.9 Å². The average molecular weight is 368 g/mol. The molecule has 0 fully saturated rings. The topological polar surface area (TPSA) is 68.3 Å². The smallest absolute Gasteiger partial charge is 0.338 e. The van der Waals surface area contributed by atoms with E-state index >= 15 is 0 Å². The fourth-order valence-corrected chi connectivity index (χ4v) is 3.31. The molecule has 0 aliphatic carbocycles. The molecular formula is C20H20N2O3S. The van der Waals surface area contributed by atoms with Gasteiger partial charge >= 0.3 is 5.97 Å². The molecule has 1 atom stereocenters. The van der Waals surface area contributed by atoms with Crippen molar-refractivity contribution < 1.29 is 14.3 Å². The third-order valence-electron chi connectivity index (χ3n) is 4.31. The lowest BCUT2D eigenvalue weighted by atomic mass is 10.0. The number of carbonyl (C=O) groups is 2. The summed E-state index contributed by atoms with van der Waals surface area (Å²) in [6.45, 7) is 5.68. The Hall–Kier alpha value is -2.73. The van der Waals surface area contributed by atoms with E-state index in [0.717, 1.165) is 15.8 Å². The zero-order valence-electron chi connectivity index (χ0n) is 14.9. The minimum Gasteiger partial charge on any atom is -0.452 e. The lowest BCUT2D eigenvalue weighted by molar-refractivity contribution is -0.124. The van der Waals surface area contributed by atoms with Crippen molar-refractivity contribution in [2.24, 2.45) is 0 Å². The Kier molecular flexibility index (Phi) is 5.32. The molecule has 1 aromatic heterocycles. The predicted octanol–water partition coefficient (Wildman–Crippen LogP) is 3.95. The number of hydrogen-bond donors (Lipinski definition) is 1. The van der Waals surface area contributed by atoms with Gasteiger partial charge in [0.25, 0.3) is 5.91 Å². The number of carbonyl (C=O) groups excluding carboxylic acids is 2. The summed E-state index contributed by atoms with van der Waals surface area (Å²) in [7, 11) is 0. The number of nitrogens with zero attached hydrogens (tertiary/aromatic N) is 1. The van der Waals surface area contributed by atoms with E-state index in [1.54, 1.807) is 23.7 Å². The van der Waals surface area contributed by atoms with Gasteiger partial charge in [-0.3, -0.25) is 4.79 Å². The molecule has 1 heterocycles. The molecule has 26 heavy (non-hydrogen) atoms. The molecule has 0 saturated heterocycles. The summed E-state index contributed by atoms with van der Waals surface area (Å²) in [5.41, 5.74) is 6.38. The second-order valence-electron chi connectivity index (χ2n) is 6.24. The number of aryl methyl sites for hydroxylation is 2. The van der Waals surface area contributed by atoms with Crippen molar-refractivity contribution in [2.75, 3.05) is 6.61 Å². The largest absolute Gasteiger partial charge is 0.452 e. The quantitative estimate of drug-likeness (QED) is 0.693. The zero-order chi connectivity index (χ0) is 18.7. The van der Waals surface area contributed by atoms with Crippen LogP contribution in [0.3, 0.4) is 0 Å². The van der Waals surface area contributed by atoms with Crippen LogP contribution in [-0.2, 0) is 9.53 Å². The van der Waals surface area contributed by atoms with Crippen LogP contribution in [0.25, 0.3) is 10.2 Å². The molecule has 134 valence electrons. The van der Waals surface area contributed by atoms with Crippen molar-refractivity contribution in [1.29, 1.82) is 0 Å². The molecule has 0 spiro atoms. The van der Waals surface area contributed by atoms with Crippen LogP contribution < -0.4 is 5.32 Å². The maximum atomic E-state index is 12.1. The second kappa shape index (κ2) is 7.66. The highest BCUT2D eigenvalue weighted by Crippen LogP contribution is 2.20. The van der Waals surface area contributed by atoms with Gasteiger partial charge in [-0.15, -0.1) is 11.3 Å². The molecule has 1 N–H and O–H groups in total. The van der Waals surface area contributed by atoms with Gasteiger partial charge in [-0.1, -0.05) is 18.2 Å². The summed E-state index contributed by atoms with van der Waals surface area (Å²) in [5.74, 6) is -0.850. The van der Waals surface area contributed by atoms with Gasteiger partial charge < -0.3 is 10.1 Å². The Morgan fingerprint density at radius 1 is 1.15 bits per heavy atom. The molecule has 2 aromatic carbocycles. The van der Waals surface area contributed by atoms with Crippen molar-refractivity contribution in [2.45, 2.75) is 26.8 Å². The zero-order valence-corrected chi connectivity index (χ0v) is 15.7. The van der Waals surface area contributed by atoms with Gasteiger partial charge in [0.05, 0.1) is 27.3 Å². The van der Waals surface area contributed by atoms with Crippen LogP contribution in [0, 0.1) is 13.8 Å². The van der Waals surface area contributed by atoms with Crippen molar-refractivity contribution in [3.63, 3.8) is 0 Å². The minimum atomic E-state index is -0.519. The van der Waals surface area contributed by atoms with Gasteiger partial charge in [0, 0.05) is 0 Å². The number of benzene rings is 2. The number of nitrogens with one attached hydrogen (secondary N) is 1. The molecular weight excluding hydrogens is 348 g/mol. The van der Waals surface area contributed by atoms with E-state index in [1.165, 1.54) is 22.5 Å². The molecule has 0 saturated carbocycles. The summed E-state index contributed by atoms with van der Waals surface area (Å²) in [6, 6.07) is 11.1. The van der Waals surface area contributed by atoms with E-state index in [0.29, 0.717) is 5.56 Å². The second-order valence-corrected chi connectivity index (χ2v) is 7.13. The lowest BCUT2D eigenvalue weighted by Gasteiger charge is -2.15. The highest BCUT2D eigenvalue weighted by Gasteiger charge is 2.14. The SMILES string of the molecule is Cc1ccc([C@@H](C)NC(=O)COC(=O)c2ccc3ncsc3c2)cc1C. The summed E-state index contributed by atoms with van der Waals surface area (Å²) >= 11 is 1.45. The first kappa shape index (κ1) is 18.1. The van der Waals surface area contributed by atoms with Crippen molar-refractivity contribution >= 4 is 33.4 Å². The molecule has 0 aliphatic heterocycles. The highest BCUT2D eigenvalue weighted by atomic mass is 32.1. The number of aromatic nitrogens is 1. The average Bonchev–Trinajstić information content (AvgIpc) is 3.09. The summed E-state index contributed by atoms with van der Waals surface area (Å²) in [6.07, 6.45) is 0. The van der Waals surface area contributed by atoms with Gasteiger partial charge in [0.1, 0.15) is 0 Å². The van der Waals surface area contributed by atoms with Crippen molar-refractivity contribution in [3.05, 3.63) is 64.2 Å². The van der Waals surface area contributed by atoms with E-state index in [9.17, 15) is 9.59 Å². The van der Waals surface area contributed by atoms with E-state index in [4.69, 9.17) is 4.74 Å². The van der Waals surface area contributed by atoms with Gasteiger partial charge in [-0.05, 0) is 55.7 Å². The molecule has 3 rings (SSSR count). The van der Waals surface area contributed by atoms with E-state index < -0.39 is 5.97 Å². The van der Waals surface area contributed by atoms with Crippen LogP contribution in [0.15, 0.2) is 41.9 Å². The maximum absolute atomic E-state index is 12.1. The summed E-state index contributed by atoms with van der Waals surface area (Å²) in [5, 5.41) is 2.85. The van der Waals surface area contributed by atoms with Crippen molar-refractivity contribution in [1.82, 2.24) is 10.3 Å². The summed E-state index contributed by atoms with van der Waals surface area (Å²) in [4.78, 5) is 28.4. The fraction of sp³-hybridized carbons (Fsp3) is 0.250. The Morgan fingerprint density at radius 2 is 1.96 bits per heavy atom. The number of thiazole rings is 1. The molecule has 6 heteroatoms. The number of fused-ring (bicyclic) bond motifs is 1. The van der Waals surface area contributed by atoms with Gasteiger partial charge in [0.15, 0.2) is 6.61 Å². The third-order valence-corrected chi connectivity index (χ3v) is 5.10. The van der Waals surface area contributed by atoms with Gasteiger partial charge in [-0.2, -0.15) is 0 Å². The minimum absolute atomic E-state index is 0.158. The predicted molar refractivity (Wildman–Crippen MR) is 102 cm³/mol. The first-order valence-corrected chi connectivity index (χ1v) is 9.19. The van der Waals surface area contributed by atoms with E-state index in [-0.39, 0.29) is 18.6 Å². The number of ether oxygens (including phenoxy) is 1. The van der Waals surface area contributed by atoms with Crippen LogP contribution in [0.2, 0.25) is 0 Å². The Morgan fingerprint density at radius 3 is 2.73 bits per heavy atom. The Balaban J connectivity index is 1.55. The molecule has 0 unspecified atom stereocenters. The van der Waals surface area contributed by atoms with Crippen molar-refractivity contribution in [3.8, 4) is 0 Å². The molecule has 0 bridgehead atoms. The monoisotopic (exact) mass is 368 g/mol. The van der Waals surface area contributed by atoms with Crippen LogP contribution >= 0.6 is 11.3 Å². The third kappa shape index (κ3) is 4.08. The number of hydrogen-bond acceptors (Lipinski definition) is 5. The highest BCUT2D eigenvalue weighted by molar-refractivity contribution is 7.16. The molecule has 0 radical (unpaired) electrons. The van der Waals surface area contributed by atoms with E-state index in [2.05, 4.69) is 16.4 Å². The van der Waals surface area contributed by atoms with Crippen LogP contribution in [-0.4, -0.2) is 23.5 Å². The first-order valence-electron chi connectivity index (χ1n) is 8.31. The summed E-state index contributed by atoms with van der Waals surface area (Å²) < 4.78 is 6.04. The maximum Gasteiger partial charge on any atom is 0.338 e. The van der Waals surface area contributed by atoms with Gasteiger partial charge in [0.2, 0.25) is 0 Å². The normalized spacial score (nSPS) is 12.0. The van der Waals surface area contributed by atoms with Crippen LogP contribution in [0.1, 0.15) is 40.0 Å². The number of amides is 1. The number of rotatable bonds is 5. The Labute approximate surface area is 156 Å². The number of esters is 1. The standard InChI is InChI=1S/C20H20N2O3S/c1-12-4-5-15(8-13(12)2)14(3)22-19(23)10-25-20(24)16-6-7-17-18(9-16)26-11-21-17/h4-9,11,14H,10H2,1-3H3,(H,22,23)/t14-/m1/s1. The molecule has 5 nitrogen and oxygen atoms in total. The fourth-order valence-electron chi connectivity index (χ4n) is 2.60. The molecule has 0 aliphatic rings. The first-order chi connectivity index (χ1) is 12.4. The molecule has 3 aromatic rings. The van der Waals surface area contributed by atoms with Crippen LogP contribution in [0.5, 0.6) is 0 Å². The molecule has 1 amide bonds. The lowest BCUT2D eigenvalue weighted by Crippen LogP contribution is -2.31.